The second-order valence-electron chi connectivity index (χ2n) is 4.35. The number of methoxy groups -OCH3 is 1. The molecule has 0 spiro atoms. The fourth-order valence-electron chi connectivity index (χ4n) is 1.92. The maximum atomic E-state index is 12.2. The first-order valence-electron chi connectivity index (χ1n) is 5.53. The summed E-state index contributed by atoms with van der Waals surface area (Å²) in [7, 11) is -2.11. The average Bonchev–Trinajstić information content (AvgIpc) is 2.20. The van der Waals surface area contributed by atoms with E-state index in [2.05, 4.69) is 20.7 Å². The number of sulfonamides is 1. The lowest BCUT2D eigenvalue weighted by Gasteiger charge is -2.34. The lowest BCUT2D eigenvalue weighted by atomic mass is 9.90. The molecule has 8 heteroatoms. The van der Waals surface area contributed by atoms with Crippen LogP contribution in [0.4, 0.5) is 0 Å². The highest BCUT2D eigenvalue weighted by Crippen LogP contribution is 2.34. The summed E-state index contributed by atoms with van der Waals surface area (Å²) in [5.74, 6) is 0. The highest BCUT2D eigenvalue weighted by atomic mass is 79.9. The van der Waals surface area contributed by atoms with Crippen LogP contribution in [0.25, 0.3) is 0 Å². The third-order valence-corrected chi connectivity index (χ3v) is 5.88. The first-order valence-corrected chi connectivity index (χ1v) is 8.56. The second-order valence-corrected chi connectivity index (χ2v) is 7.73. The Labute approximate surface area is 130 Å². The predicted molar refractivity (Wildman–Crippen MR) is 78.3 cm³/mol. The van der Waals surface area contributed by atoms with Gasteiger partial charge in [0.2, 0.25) is 10.0 Å². The van der Waals surface area contributed by atoms with Crippen LogP contribution in [0.2, 0.25) is 10.0 Å². The molecule has 0 radical (unpaired) electrons. The van der Waals surface area contributed by atoms with Gasteiger partial charge < -0.3 is 4.74 Å². The Morgan fingerprint density at radius 2 is 1.84 bits per heavy atom. The van der Waals surface area contributed by atoms with Crippen molar-refractivity contribution >= 4 is 49.2 Å². The average molecular weight is 389 g/mol. The van der Waals surface area contributed by atoms with Gasteiger partial charge in [-0.15, -0.1) is 0 Å². The lowest BCUT2D eigenvalue weighted by molar-refractivity contribution is 0.0236. The van der Waals surface area contributed by atoms with Gasteiger partial charge in [-0.2, -0.15) is 0 Å². The molecule has 0 atom stereocenters. The number of benzene rings is 1. The molecule has 0 heterocycles. The topological polar surface area (TPSA) is 55.4 Å². The minimum atomic E-state index is -3.72. The third-order valence-electron chi connectivity index (χ3n) is 2.98. The second kappa shape index (κ2) is 5.87. The molecule has 0 aliphatic heterocycles. The third kappa shape index (κ3) is 3.43. The van der Waals surface area contributed by atoms with E-state index in [1.807, 2.05) is 0 Å². The van der Waals surface area contributed by atoms with E-state index < -0.39 is 10.0 Å². The quantitative estimate of drug-likeness (QED) is 0.861. The van der Waals surface area contributed by atoms with E-state index in [1.54, 1.807) is 7.11 Å². The molecular weight excluding hydrogens is 377 g/mol. The lowest BCUT2D eigenvalue weighted by Crippen LogP contribution is -2.47. The molecular formula is C11H12BrCl2NO3S. The molecule has 1 aromatic carbocycles. The number of ether oxygens (including phenoxy) is 1. The van der Waals surface area contributed by atoms with Crippen LogP contribution in [0.5, 0.6) is 0 Å². The predicted octanol–water partition coefficient (Wildman–Crippen LogP) is 3.21. The number of hydrogen-bond acceptors (Lipinski definition) is 3. The molecule has 0 unspecified atom stereocenters. The van der Waals surface area contributed by atoms with E-state index >= 15 is 0 Å². The van der Waals surface area contributed by atoms with E-state index in [1.165, 1.54) is 12.1 Å². The molecule has 1 N–H and O–H groups in total. The summed E-state index contributed by atoms with van der Waals surface area (Å²) in [6.07, 6.45) is 1.42. The number of halogens is 3. The molecule has 0 aromatic heterocycles. The molecule has 1 saturated carbocycles. The Bertz CT molecular complexity index is 565. The van der Waals surface area contributed by atoms with Gasteiger partial charge in [-0.25, -0.2) is 13.1 Å². The molecule has 1 fully saturated rings. The van der Waals surface area contributed by atoms with Gasteiger partial charge in [-0.1, -0.05) is 39.1 Å². The number of rotatable bonds is 4. The van der Waals surface area contributed by atoms with Crippen molar-refractivity contribution in [1.29, 1.82) is 0 Å². The monoisotopic (exact) mass is 387 g/mol. The molecule has 4 nitrogen and oxygen atoms in total. The normalized spacial score (nSPS) is 23.2. The molecule has 0 saturated heterocycles. The van der Waals surface area contributed by atoms with Gasteiger partial charge in [0.1, 0.15) is 4.90 Å². The molecule has 1 aromatic rings. The van der Waals surface area contributed by atoms with Gasteiger partial charge >= 0.3 is 0 Å². The van der Waals surface area contributed by atoms with Gasteiger partial charge in [0.25, 0.3) is 0 Å². The summed E-state index contributed by atoms with van der Waals surface area (Å²) in [4.78, 5) is -0.0834. The molecule has 1 aliphatic rings. The van der Waals surface area contributed by atoms with Crippen LogP contribution < -0.4 is 4.72 Å². The van der Waals surface area contributed by atoms with E-state index in [0.29, 0.717) is 17.3 Å². The maximum absolute atomic E-state index is 12.2. The van der Waals surface area contributed by atoms with Crippen molar-refractivity contribution in [2.45, 2.75) is 29.9 Å². The first kappa shape index (κ1) is 15.5. The van der Waals surface area contributed by atoms with Crippen LogP contribution >= 0.6 is 39.1 Å². The minimum Gasteiger partial charge on any atom is -0.381 e. The Hall–Kier alpha value is 0.150. The van der Waals surface area contributed by atoms with Crippen LogP contribution in [0, 0.1) is 0 Å². The summed E-state index contributed by atoms with van der Waals surface area (Å²) in [5, 5.41) is 0.184. The molecule has 0 amide bonds. The summed E-state index contributed by atoms with van der Waals surface area (Å²) in [5.41, 5.74) is 0. The van der Waals surface area contributed by atoms with Crippen molar-refractivity contribution in [2.24, 2.45) is 0 Å². The zero-order valence-corrected chi connectivity index (χ0v) is 13.9. The highest BCUT2D eigenvalue weighted by molar-refractivity contribution is 9.10. The van der Waals surface area contributed by atoms with Crippen LogP contribution in [-0.4, -0.2) is 27.7 Å². The first-order chi connectivity index (χ1) is 8.83. The van der Waals surface area contributed by atoms with Crippen LogP contribution in [0.1, 0.15) is 12.8 Å². The van der Waals surface area contributed by atoms with E-state index in [-0.39, 0.29) is 27.1 Å². The van der Waals surface area contributed by atoms with E-state index in [4.69, 9.17) is 27.9 Å². The van der Waals surface area contributed by atoms with Gasteiger partial charge in [-0.3, -0.25) is 0 Å². The molecule has 0 bridgehead atoms. The summed E-state index contributed by atoms with van der Waals surface area (Å²) in [6.45, 7) is 0. The molecule has 19 heavy (non-hydrogen) atoms. The Balaban J connectivity index is 2.21. The van der Waals surface area contributed by atoms with Crippen molar-refractivity contribution in [3.05, 3.63) is 26.7 Å². The fraction of sp³-hybridized carbons (Fsp3) is 0.455. The highest BCUT2D eigenvalue weighted by Gasteiger charge is 2.34. The summed E-state index contributed by atoms with van der Waals surface area (Å²) < 4.78 is 32.8. The zero-order valence-electron chi connectivity index (χ0n) is 9.99. The zero-order chi connectivity index (χ0) is 14.2. The van der Waals surface area contributed by atoms with Crippen molar-refractivity contribution in [3.8, 4) is 0 Å². The standard InChI is InChI=1S/C11H12BrCl2NO3S/c1-18-8-4-7(5-8)15-19(16,17)11-9(13)2-6(12)3-10(11)14/h2-3,7-8,15H,4-5H2,1H3. The largest absolute Gasteiger partial charge is 0.381 e. The van der Waals surface area contributed by atoms with Gasteiger partial charge in [0, 0.05) is 17.6 Å². The van der Waals surface area contributed by atoms with Crippen LogP contribution in [0.15, 0.2) is 21.5 Å². The van der Waals surface area contributed by atoms with E-state index in [0.717, 1.165) is 0 Å². The summed E-state index contributed by atoms with van der Waals surface area (Å²) >= 11 is 15.1. The molecule has 2 rings (SSSR count). The Morgan fingerprint density at radius 1 is 1.32 bits per heavy atom. The van der Waals surface area contributed by atoms with Crippen molar-refractivity contribution in [1.82, 2.24) is 4.72 Å². The maximum Gasteiger partial charge on any atom is 0.243 e. The van der Waals surface area contributed by atoms with Crippen LogP contribution in [0.3, 0.4) is 0 Å². The fourth-order valence-corrected chi connectivity index (χ4v) is 5.12. The number of nitrogens with one attached hydrogen (secondary N) is 1. The van der Waals surface area contributed by atoms with Gasteiger partial charge in [0.15, 0.2) is 0 Å². The van der Waals surface area contributed by atoms with Crippen molar-refractivity contribution in [3.63, 3.8) is 0 Å². The smallest absolute Gasteiger partial charge is 0.243 e. The minimum absolute atomic E-state index is 0.0834. The van der Waals surface area contributed by atoms with Crippen molar-refractivity contribution in [2.75, 3.05) is 7.11 Å². The van der Waals surface area contributed by atoms with Crippen molar-refractivity contribution < 1.29 is 13.2 Å². The number of hydrogen-bond donors (Lipinski definition) is 1. The van der Waals surface area contributed by atoms with Gasteiger partial charge in [0.05, 0.1) is 16.1 Å². The van der Waals surface area contributed by atoms with Crippen LogP contribution in [-0.2, 0) is 14.8 Å². The molecule has 106 valence electrons. The van der Waals surface area contributed by atoms with E-state index in [9.17, 15) is 8.42 Å². The van der Waals surface area contributed by atoms with Gasteiger partial charge in [-0.05, 0) is 25.0 Å². The SMILES string of the molecule is COC1CC(NS(=O)(=O)c2c(Cl)cc(Br)cc2Cl)C1. The molecule has 1 aliphatic carbocycles. The Morgan fingerprint density at radius 3 is 2.32 bits per heavy atom. The Kier molecular flexibility index (Phi) is 4.80. The summed E-state index contributed by atoms with van der Waals surface area (Å²) in [6, 6.07) is 2.87.